The Hall–Kier alpha value is -1.10. The lowest BCUT2D eigenvalue weighted by molar-refractivity contribution is -0.121. The van der Waals surface area contributed by atoms with Crippen LogP contribution in [0, 0.1) is 5.92 Å². The summed E-state index contributed by atoms with van der Waals surface area (Å²) in [4.78, 5) is 26.1. The van der Waals surface area contributed by atoms with E-state index in [2.05, 4.69) is 5.32 Å². The van der Waals surface area contributed by atoms with Gasteiger partial charge < -0.3 is 15.0 Å². The topological polar surface area (TPSA) is 58.6 Å². The second-order valence-corrected chi connectivity index (χ2v) is 5.88. The zero-order valence-electron chi connectivity index (χ0n) is 11.3. The first-order chi connectivity index (χ1) is 9.25. The standard InChI is InChI=1S/C14H22N2O3/c17-13-5-1-3-11(13)12-4-2-7-16(12)14(18)15-10-6-8-19-9-10/h10-12H,1-9H2,(H,15,18). The van der Waals surface area contributed by atoms with Crippen molar-refractivity contribution in [1.29, 1.82) is 0 Å². The number of ether oxygens (including phenoxy) is 1. The van der Waals surface area contributed by atoms with Crippen molar-refractivity contribution in [2.75, 3.05) is 19.8 Å². The number of nitrogens with zero attached hydrogens (tertiary/aromatic N) is 1. The van der Waals surface area contributed by atoms with E-state index < -0.39 is 0 Å². The average Bonchev–Trinajstić information content (AvgIpc) is 3.07. The molecule has 2 aliphatic heterocycles. The maximum absolute atomic E-state index is 12.3. The number of Topliss-reactive ketones (excluding diaryl/α,β-unsaturated/α-hetero) is 1. The highest BCUT2D eigenvalue weighted by Crippen LogP contribution is 2.33. The van der Waals surface area contributed by atoms with Crippen molar-refractivity contribution in [2.24, 2.45) is 5.92 Å². The van der Waals surface area contributed by atoms with Crippen LogP contribution in [0.25, 0.3) is 0 Å². The fourth-order valence-electron chi connectivity index (χ4n) is 3.62. The van der Waals surface area contributed by atoms with Crippen molar-refractivity contribution in [3.63, 3.8) is 0 Å². The van der Waals surface area contributed by atoms with Crippen LogP contribution in [0.1, 0.15) is 38.5 Å². The molecule has 0 aromatic rings. The molecule has 3 atom stereocenters. The van der Waals surface area contributed by atoms with Crippen LogP contribution in [-0.4, -0.2) is 48.6 Å². The molecule has 1 saturated carbocycles. The third kappa shape index (κ3) is 2.61. The van der Waals surface area contributed by atoms with E-state index in [0.717, 1.165) is 45.3 Å². The van der Waals surface area contributed by atoms with Gasteiger partial charge in [0.05, 0.1) is 12.6 Å². The third-order valence-corrected chi connectivity index (χ3v) is 4.63. The van der Waals surface area contributed by atoms with Gasteiger partial charge >= 0.3 is 6.03 Å². The summed E-state index contributed by atoms with van der Waals surface area (Å²) in [5, 5.41) is 3.04. The van der Waals surface area contributed by atoms with Crippen LogP contribution in [-0.2, 0) is 9.53 Å². The maximum Gasteiger partial charge on any atom is 0.317 e. The van der Waals surface area contributed by atoms with Gasteiger partial charge in [-0.1, -0.05) is 0 Å². The summed E-state index contributed by atoms with van der Waals surface area (Å²) < 4.78 is 5.28. The van der Waals surface area contributed by atoms with E-state index in [1.807, 2.05) is 4.90 Å². The van der Waals surface area contributed by atoms with Gasteiger partial charge in [-0.2, -0.15) is 0 Å². The molecule has 0 aromatic heterocycles. The predicted molar refractivity (Wildman–Crippen MR) is 69.8 cm³/mol. The van der Waals surface area contributed by atoms with Crippen LogP contribution >= 0.6 is 0 Å². The Bertz CT molecular complexity index is 366. The number of urea groups is 1. The average molecular weight is 266 g/mol. The van der Waals surface area contributed by atoms with E-state index in [1.54, 1.807) is 0 Å². The van der Waals surface area contributed by atoms with E-state index >= 15 is 0 Å². The zero-order chi connectivity index (χ0) is 13.2. The number of carbonyl (C=O) groups is 2. The lowest BCUT2D eigenvalue weighted by atomic mass is 9.95. The maximum atomic E-state index is 12.3. The first kappa shape index (κ1) is 12.9. The Morgan fingerprint density at radius 2 is 2.16 bits per heavy atom. The highest BCUT2D eigenvalue weighted by molar-refractivity contribution is 5.84. The summed E-state index contributed by atoms with van der Waals surface area (Å²) in [6.45, 7) is 2.13. The zero-order valence-corrected chi connectivity index (χ0v) is 11.3. The van der Waals surface area contributed by atoms with Crippen molar-refractivity contribution >= 4 is 11.8 Å². The minimum absolute atomic E-state index is 0.00213. The lowest BCUT2D eigenvalue weighted by Crippen LogP contribution is -2.49. The number of rotatable bonds is 2. The molecule has 1 N–H and O–H groups in total. The smallest absolute Gasteiger partial charge is 0.317 e. The number of hydrogen-bond acceptors (Lipinski definition) is 3. The van der Waals surface area contributed by atoms with Gasteiger partial charge in [-0.05, 0) is 32.1 Å². The van der Waals surface area contributed by atoms with Gasteiger partial charge in [0.15, 0.2) is 0 Å². The summed E-state index contributed by atoms with van der Waals surface area (Å²) in [5.74, 6) is 0.446. The summed E-state index contributed by atoms with van der Waals surface area (Å²) >= 11 is 0. The minimum Gasteiger partial charge on any atom is -0.379 e. The monoisotopic (exact) mass is 266 g/mol. The fourth-order valence-corrected chi connectivity index (χ4v) is 3.62. The van der Waals surface area contributed by atoms with Gasteiger partial charge in [-0.25, -0.2) is 4.79 Å². The van der Waals surface area contributed by atoms with Crippen LogP contribution in [0.15, 0.2) is 0 Å². The molecule has 3 aliphatic rings. The summed E-state index contributed by atoms with van der Waals surface area (Å²) in [6, 6.07) is 0.281. The Morgan fingerprint density at radius 1 is 1.26 bits per heavy atom. The minimum atomic E-state index is -0.00213. The molecule has 5 nitrogen and oxygen atoms in total. The second-order valence-electron chi connectivity index (χ2n) is 5.88. The van der Waals surface area contributed by atoms with Crippen LogP contribution < -0.4 is 5.32 Å². The Kier molecular flexibility index (Phi) is 3.73. The third-order valence-electron chi connectivity index (χ3n) is 4.63. The Labute approximate surface area is 113 Å². The largest absolute Gasteiger partial charge is 0.379 e. The molecular weight excluding hydrogens is 244 g/mol. The highest BCUT2D eigenvalue weighted by Gasteiger charge is 2.40. The van der Waals surface area contributed by atoms with Crippen LogP contribution in [0.4, 0.5) is 4.79 Å². The molecule has 2 saturated heterocycles. The highest BCUT2D eigenvalue weighted by atomic mass is 16.5. The molecule has 0 radical (unpaired) electrons. The SMILES string of the molecule is O=C1CCCC1C1CCCN1C(=O)NC1CCOC1. The number of ketones is 1. The quantitative estimate of drug-likeness (QED) is 0.820. The number of nitrogens with one attached hydrogen (secondary N) is 1. The fraction of sp³-hybridized carbons (Fsp3) is 0.857. The van der Waals surface area contributed by atoms with Crippen molar-refractivity contribution < 1.29 is 14.3 Å². The molecule has 1 aliphatic carbocycles. The van der Waals surface area contributed by atoms with Crippen LogP contribution in [0.5, 0.6) is 0 Å². The predicted octanol–water partition coefficient (Wildman–Crippen LogP) is 1.32. The molecule has 19 heavy (non-hydrogen) atoms. The molecular formula is C14H22N2O3. The number of amides is 2. The van der Waals surface area contributed by atoms with Crippen molar-refractivity contribution in [2.45, 2.75) is 50.6 Å². The summed E-state index contributed by atoms with van der Waals surface area (Å²) in [6.07, 6.45) is 5.54. The molecule has 2 amide bonds. The second kappa shape index (κ2) is 5.49. The van der Waals surface area contributed by atoms with E-state index in [9.17, 15) is 9.59 Å². The van der Waals surface area contributed by atoms with Gasteiger partial charge in [0, 0.05) is 31.5 Å². The van der Waals surface area contributed by atoms with Gasteiger partial charge in [0.2, 0.25) is 0 Å². The molecule has 3 rings (SSSR count). The van der Waals surface area contributed by atoms with Crippen LogP contribution in [0.3, 0.4) is 0 Å². The van der Waals surface area contributed by atoms with Gasteiger partial charge in [0.1, 0.15) is 5.78 Å². The summed E-state index contributed by atoms with van der Waals surface area (Å²) in [7, 11) is 0. The Morgan fingerprint density at radius 3 is 2.84 bits per heavy atom. The van der Waals surface area contributed by atoms with Gasteiger partial charge in [-0.3, -0.25) is 4.79 Å². The first-order valence-electron chi connectivity index (χ1n) is 7.43. The summed E-state index contributed by atoms with van der Waals surface area (Å²) in [5.41, 5.74) is 0. The number of likely N-dealkylation sites (tertiary alicyclic amines) is 1. The molecule has 0 aromatic carbocycles. The van der Waals surface area contributed by atoms with Crippen molar-refractivity contribution in [3.8, 4) is 0 Å². The van der Waals surface area contributed by atoms with E-state index in [4.69, 9.17) is 4.74 Å². The lowest BCUT2D eigenvalue weighted by Gasteiger charge is -2.29. The molecule has 0 spiro atoms. The molecule has 5 heteroatoms. The van der Waals surface area contributed by atoms with E-state index in [-0.39, 0.29) is 24.0 Å². The first-order valence-corrected chi connectivity index (χ1v) is 7.43. The van der Waals surface area contributed by atoms with E-state index in [0.29, 0.717) is 18.8 Å². The molecule has 0 bridgehead atoms. The molecule has 2 heterocycles. The molecule has 106 valence electrons. The molecule has 3 unspecified atom stereocenters. The number of carbonyl (C=O) groups excluding carboxylic acids is 2. The Balaban J connectivity index is 1.61. The van der Waals surface area contributed by atoms with E-state index in [1.165, 1.54) is 0 Å². The van der Waals surface area contributed by atoms with Crippen molar-refractivity contribution in [3.05, 3.63) is 0 Å². The molecule has 3 fully saturated rings. The van der Waals surface area contributed by atoms with Crippen molar-refractivity contribution in [1.82, 2.24) is 10.2 Å². The van der Waals surface area contributed by atoms with Gasteiger partial charge in [-0.15, -0.1) is 0 Å². The van der Waals surface area contributed by atoms with Crippen LogP contribution in [0.2, 0.25) is 0 Å². The number of hydrogen-bond donors (Lipinski definition) is 1. The van der Waals surface area contributed by atoms with Gasteiger partial charge in [0.25, 0.3) is 0 Å². The normalized spacial score (nSPS) is 35.1.